The number of anilines is 2. The molecule has 3 aromatic rings. The van der Waals surface area contributed by atoms with Crippen LogP contribution in [0.2, 0.25) is 10.0 Å². The molecule has 0 aliphatic heterocycles. The molecule has 0 saturated heterocycles. The van der Waals surface area contributed by atoms with E-state index >= 15 is 0 Å². The summed E-state index contributed by atoms with van der Waals surface area (Å²) in [6, 6.07) is 7.39. The van der Waals surface area contributed by atoms with E-state index in [9.17, 15) is 0 Å². The van der Waals surface area contributed by atoms with Gasteiger partial charge in [0.25, 0.3) is 0 Å². The Bertz CT molecular complexity index is 966. The van der Waals surface area contributed by atoms with E-state index in [1.54, 1.807) is 10.9 Å². The summed E-state index contributed by atoms with van der Waals surface area (Å²) < 4.78 is 33.2. The van der Waals surface area contributed by atoms with Gasteiger partial charge in [-0.25, -0.2) is 0 Å². The number of nitrogens with one attached hydrogen (secondary N) is 1. The monoisotopic (exact) mass is 423 g/mol. The van der Waals surface area contributed by atoms with Gasteiger partial charge in [-0.1, -0.05) is 40.6 Å². The fraction of sp³-hybridized carbons (Fsp3) is 0.0833. The predicted molar refractivity (Wildman–Crippen MR) is 96.0 cm³/mol. The van der Waals surface area contributed by atoms with E-state index in [1.165, 1.54) is 11.3 Å². The molecule has 0 unspecified atom stereocenters. The van der Waals surface area contributed by atoms with E-state index < -0.39 is 10.4 Å². The van der Waals surface area contributed by atoms with Crippen LogP contribution in [-0.2, 0) is 17.4 Å². The van der Waals surface area contributed by atoms with E-state index in [-0.39, 0.29) is 0 Å². The second-order valence-electron chi connectivity index (χ2n) is 4.49. The highest BCUT2D eigenvalue weighted by atomic mass is 35.5. The van der Waals surface area contributed by atoms with Crippen LogP contribution < -0.4 is 5.32 Å². The lowest BCUT2D eigenvalue weighted by atomic mass is 10.3. The van der Waals surface area contributed by atoms with Gasteiger partial charge < -0.3 is 5.32 Å². The average molecular weight is 424 g/mol. The summed E-state index contributed by atoms with van der Waals surface area (Å²) in [6.07, 6.45) is 1.72. The van der Waals surface area contributed by atoms with Gasteiger partial charge in [-0.2, -0.15) is 13.5 Å². The maximum Gasteiger partial charge on any atom is 0.394 e. The molecule has 0 spiro atoms. The lowest BCUT2D eigenvalue weighted by molar-refractivity contribution is 0.381. The second kappa shape index (κ2) is 8.08. The predicted octanol–water partition coefficient (Wildman–Crippen LogP) is 3.34. The van der Waals surface area contributed by atoms with Crippen molar-refractivity contribution in [2.75, 3.05) is 5.32 Å². The van der Waals surface area contributed by atoms with E-state index in [4.69, 9.17) is 40.7 Å². The van der Waals surface area contributed by atoms with Gasteiger partial charge in [0.2, 0.25) is 5.13 Å². The Morgan fingerprint density at radius 2 is 1.92 bits per heavy atom. The summed E-state index contributed by atoms with van der Waals surface area (Å²) in [5, 5.41) is 18.1. The quantitative estimate of drug-likeness (QED) is 0.546. The number of rotatable bonds is 3. The third kappa shape index (κ3) is 6.57. The van der Waals surface area contributed by atoms with E-state index in [0.717, 1.165) is 5.69 Å². The lowest BCUT2D eigenvalue weighted by Crippen LogP contribution is -1.89. The van der Waals surface area contributed by atoms with Crippen LogP contribution in [0.25, 0.3) is 10.7 Å². The second-order valence-corrected chi connectivity index (χ2v) is 7.21. The number of aryl methyl sites for hydroxylation is 1. The summed E-state index contributed by atoms with van der Waals surface area (Å²) in [4.78, 5) is 0. The SMILES string of the molecule is Cn1cc(Cl)c(-c2nnc(Nc3cccc(Cl)c3)s2)n1.O=S(=O)(O)O. The lowest BCUT2D eigenvalue weighted by Gasteiger charge is -2.00. The van der Waals surface area contributed by atoms with Crippen molar-refractivity contribution in [1.29, 1.82) is 0 Å². The highest BCUT2D eigenvalue weighted by Gasteiger charge is 2.14. The molecule has 3 rings (SSSR count). The molecule has 0 saturated carbocycles. The molecule has 0 amide bonds. The maximum absolute atomic E-state index is 8.74. The van der Waals surface area contributed by atoms with Gasteiger partial charge in [0.05, 0.1) is 5.02 Å². The molecule has 0 atom stereocenters. The molecule has 0 aliphatic rings. The fourth-order valence-corrected chi connectivity index (χ4v) is 2.94. The smallest absolute Gasteiger partial charge is 0.330 e. The minimum absolute atomic E-state index is 0.554. The normalized spacial score (nSPS) is 10.9. The summed E-state index contributed by atoms with van der Waals surface area (Å²) >= 11 is 13.4. The van der Waals surface area contributed by atoms with Crippen molar-refractivity contribution in [3.8, 4) is 10.7 Å². The van der Waals surface area contributed by atoms with E-state index in [2.05, 4.69) is 20.6 Å². The third-order valence-corrected chi connectivity index (χ3v) is 3.84. The largest absolute Gasteiger partial charge is 0.394 e. The molecule has 0 radical (unpaired) electrons. The van der Waals surface area contributed by atoms with E-state index in [1.807, 2.05) is 31.3 Å². The van der Waals surface area contributed by atoms with Gasteiger partial charge in [0.15, 0.2) is 5.01 Å². The number of benzene rings is 1. The molecule has 1 aromatic carbocycles. The molecule has 0 fully saturated rings. The van der Waals surface area contributed by atoms with Crippen molar-refractivity contribution >= 4 is 55.8 Å². The Hall–Kier alpha value is -1.76. The van der Waals surface area contributed by atoms with Gasteiger partial charge in [0, 0.05) is 24.0 Å². The van der Waals surface area contributed by atoms with Crippen molar-refractivity contribution in [3.05, 3.63) is 40.5 Å². The molecule has 0 aliphatic carbocycles. The van der Waals surface area contributed by atoms with Crippen molar-refractivity contribution in [3.63, 3.8) is 0 Å². The third-order valence-electron chi connectivity index (χ3n) is 2.49. The minimum atomic E-state index is -4.67. The van der Waals surface area contributed by atoms with Crippen molar-refractivity contribution in [2.45, 2.75) is 0 Å². The summed E-state index contributed by atoms with van der Waals surface area (Å²) in [7, 11) is -2.86. The van der Waals surface area contributed by atoms with Crippen LogP contribution in [0.3, 0.4) is 0 Å². The minimum Gasteiger partial charge on any atom is -0.330 e. The van der Waals surface area contributed by atoms with Gasteiger partial charge in [-0.05, 0) is 18.2 Å². The van der Waals surface area contributed by atoms with Crippen LogP contribution in [-0.4, -0.2) is 37.5 Å². The molecular weight excluding hydrogens is 413 g/mol. The highest BCUT2D eigenvalue weighted by Crippen LogP contribution is 2.31. The van der Waals surface area contributed by atoms with E-state index in [0.29, 0.717) is 25.9 Å². The molecule has 9 nitrogen and oxygen atoms in total. The van der Waals surface area contributed by atoms with Crippen molar-refractivity contribution < 1.29 is 17.5 Å². The van der Waals surface area contributed by atoms with Crippen LogP contribution in [0, 0.1) is 0 Å². The zero-order valence-electron chi connectivity index (χ0n) is 12.5. The summed E-state index contributed by atoms with van der Waals surface area (Å²) in [6.45, 7) is 0. The number of hydrogen-bond acceptors (Lipinski definition) is 7. The zero-order valence-corrected chi connectivity index (χ0v) is 15.6. The summed E-state index contributed by atoms with van der Waals surface area (Å²) in [5.41, 5.74) is 1.48. The average Bonchev–Trinajstić information content (AvgIpc) is 3.03. The van der Waals surface area contributed by atoms with Gasteiger partial charge in [-0.3, -0.25) is 13.8 Å². The first-order valence-corrected chi connectivity index (χ1v) is 9.34. The van der Waals surface area contributed by atoms with Crippen molar-refractivity contribution in [2.24, 2.45) is 7.05 Å². The Morgan fingerprint density at radius 1 is 1.24 bits per heavy atom. The first-order valence-electron chi connectivity index (χ1n) is 6.37. The number of nitrogens with zero attached hydrogens (tertiary/aromatic N) is 4. The van der Waals surface area contributed by atoms with Crippen LogP contribution >= 0.6 is 34.5 Å². The first-order chi connectivity index (χ1) is 11.6. The fourth-order valence-electron chi connectivity index (χ4n) is 1.66. The summed E-state index contributed by atoms with van der Waals surface area (Å²) in [5.74, 6) is 0. The first kappa shape index (κ1) is 19.6. The topological polar surface area (TPSA) is 130 Å². The van der Waals surface area contributed by atoms with Gasteiger partial charge in [-0.15, -0.1) is 10.2 Å². The van der Waals surface area contributed by atoms with Crippen LogP contribution in [0.15, 0.2) is 30.5 Å². The molecule has 3 N–H and O–H groups in total. The molecular formula is C12H11Cl2N5O4S2. The molecule has 0 bridgehead atoms. The van der Waals surface area contributed by atoms with Crippen molar-refractivity contribution in [1.82, 2.24) is 20.0 Å². The molecule has 134 valence electrons. The highest BCUT2D eigenvalue weighted by molar-refractivity contribution is 7.79. The van der Waals surface area contributed by atoms with Gasteiger partial charge >= 0.3 is 10.4 Å². The Morgan fingerprint density at radius 3 is 2.48 bits per heavy atom. The molecule has 2 heterocycles. The maximum atomic E-state index is 8.74. The number of halogens is 2. The zero-order chi connectivity index (χ0) is 18.6. The van der Waals surface area contributed by atoms with Crippen LogP contribution in [0.1, 0.15) is 0 Å². The number of hydrogen-bond donors (Lipinski definition) is 3. The van der Waals surface area contributed by atoms with Gasteiger partial charge in [0.1, 0.15) is 5.69 Å². The molecule has 13 heteroatoms. The van der Waals surface area contributed by atoms with Crippen LogP contribution in [0.4, 0.5) is 10.8 Å². The Labute approximate surface area is 156 Å². The standard InChI is InChI=1S/C12H9Cl2N5S.H2O4S/c1-19-6-9(14)10(18-19)11-16-17-12(20-11)15-8-4-2-3-7(13)5-8;1-5(2,3)4/h2-6H,1H3,(H,15,17);(H2,1,2,3,4). The van der Waals surface area contributed by atoms with Crippen LogP contribution in [0.5, 0.6) is 0 Å². The Kier molecular flexibility index (Phi) is 6.32. The molecule has 25 heavy (non-hydrogen) atoms. The molecule has 2 aromatic heterocycles. The number of aromatic nitrogens is 4. The Balaban J connectivity index is 0.000000399.